The largest absolute Gasteiger partial charge is 0.384 e. The third-order valence-electron chi connectivity index (χ3n) is 5.60. The first-order chi connectivity index (χ1) is 13.0. The number of carbonyl (C=O) groups excluding carboxylic acids is 1. The molecule has 0 aliphatic carbocycles. The minimum absolute atomic E-state index is 0.244. The summed E-state index contributed by atoms with van der Waals surface area (Å²) in [6, 6.07) is 12.8. The van der Waals surface area contributed by atoms with E-state index in [1.165, 1.54) is 27.9 Å². The second-order valence-electron chi connectivity index (χ2n) is 7.58. The Morgan fingerprint density at radius 2 is 1.70 bits per heavy atom. The molecule has 1 aliphatic heterocycles. The molecule has 0 aromatic heterocycles. The molecule has 27 heavy (non-hydrogen) atoms. The first-order valence-electron chi connectivity index (χ1n) is 9.86. The number of aryl methyl sites for hydroxylation is 3. The van der Waals surface area contributed by atoms with Crippen molar-refractivity contribution in [3.8, 4) is 0 Å². The highest BCUT2D eigenvalue weighted by molar-refractivity contribution is 5.77. The zero-order valence-corrected chi connectivity index (χ0v) is 17.0. The monoisotopic (exact) mass is 365 g/mol. The van der Waals surface area contributed by atoms with Crippen LogP contribution in [0.25, 0.3) is 0 Å². The van der Waals surface area contributed by atoms with E-state index < -0.39 is 0 Å². The molecule has 1 N–H and O–H groups in total. The maximum atomic E-state index is 12.6. The molecule has 1 saturated heterocycles. The van der Waals surface area contributed by atoms with Crippen LogP contribution in [0.1, 0.15) is 28.7 Å². The van der Waals surface area contributed by atoms with Crippen LogP contribution in [-0.2, 0) is 4.79 Å². The lowest BCUT2D eigenvalue weighted by Crippen LogP contribution is -2.49. The van der Waals surface area contributed by atoms with Gasteiger partial charge < -0.3 is 15.1 Å². The molecule has 0 bridgehead atoms. The lowest BCUT2D eigenvalue weighted by atomic mass is 10.1. The van der Waals surface area contributed by atoms with Crippen molar-refractivity contribution in [1.29, 1.82) is 0 Å². The molecule has 1 aliphatic rings. The van der Waals surface area contributed by atoms with Crippen LogP contribution < -0.4 is 10.2 Å². The van der Waals surface area contributed by atoms with E-state index in [0.29, 0.717) is 13.0 Å². The Balaban J connectivity index is 1.48. The van der Waals surface area contributed by atoms with Crippen LogP contribution in [0.2, 0.25) is 0 Å². The molecule has 3 rings (SSSR count). The molecule has 4 heteroatoms. The van der Waals surface area contributed by atoms with E-state index in [-0.39, 0.29) is 5.91 Å². The number of anilines is 2. The number of nitrogens with zero attached hydrogens (tertiary/aromatic N) is 2. The summed E-state index contributed by atoms with van der Waals surface area (Å²) in [5.74, 6) is 0.244. The third kappa shape index (κ3) is 4.62. The second-order valence-corrected chi connectivity index (χ2v) is 7.58. The van der Waals surface area contributed by atoms with Crippen molar-refractivity contribution in [2.24, 2.45) is 0 Å². The smallest absolute Gasteiger partial charge is 0.224 e. The molecule has 2 aromatic rings. The van der Waals surface area contributed by atoms with E-state index in [1.54, 1.807) is 0 Å². The van der Waals surface area contributed by atoms with Crippen LogP contribution in [0, 0.1) is 27.7 Å². The van der Waals surface area contributed by atoms with Gasteiger partial charge in [-0.2, -0.15) is 0 Å². The molecule has 0 spiro atoms. The Hall–Kier alpha value is -2.49. The summed E-state index contributed by atoms with van der Waals surface area (Å²) in [6.07, 6.45) is 0.539. The Bertz CT molecular complexity index is 807. The number of rotatable bonds is 5. The Morgan fingerprint density at radius 1 is 0.963 bits per heavy atom. The fraction of sp³-hybridized carbons (Fsp3) is 0.435. The number of carbonyl (C=O) groups is 1. The summed E-state index contributed by atoms with van der Waals surface area (Å²) in [4.78, 5) is 17.0. The van der Waals surface area contributed by atoms with Gasteiger partial charge in [0.2, 0.25) is 5.91 Å². The zero-order valence-electron chi connectivity index (χ0n) is 17.0. The zero-order chi connectivity index (χ0) is 19.4. The lowest BCUT2D eigenvalue weighted by molar-refractivity contribution is -0.131. The molecule has 4 nitrogen and oxygen atoms in total. The van der Waals surface area contributed by atoms with Crippen LogP contribution in [0.15, 0.2) is 36.4 Å². The van der Waals surface area contributed by atoms with Crippen molar-refractivity contribution in [1.82, 2.24) is 4.90 Å². The maximum Gasteiger partial charge on any atom is 0.224 e. The normalized spacial score (nSPS) is 14.4. The summed E-state index contributed by atoms with van der Waals surface area (Å²) in [7, 11) is 0. The predicted molar refractivity (Wildman–Crippen MR) is 114 cm³/mol. The second kappa shape index (κ2) is 8.47. The van der Waals surface area contributed by atoms with E-state index >= 15 is 0 Å². The number of piperazine rings is 1. The number of hydrogen-bond acceptors (Lipinski definition) is 3. The summed E-state index contributed by atoms with van der Waals surface area (Å²) in [5.41, 5.74) is 7.55. The molecule has 1 fully saturated rings. The summed E-state index contributed by atoms with van der Waals surface area (Å²) >= 11 is 0. The molecule has 2 aromatic carbocycles. The molecule has 1 heterocycles. The van der Waals surface area contributed by atoms with Crippen molar-refractivity contribution in [3.63, 3.8) is 0 Å². The quantitative estimate of drug-likeness (QED) is 0.867. The molecule has 1 amide bonds. The average Bonchev–Trinajstić information content (AvgIpc) is 2.67. The van der Waals surface area contributed by atoms with Crippen LogP contribution in [0.3, 0.4) is 0 Å². The van der Waals surface area contributed by atoms with Gasteiger partial charge in [-0.25, -0.2) is 0 Å². The van der Waals surface area contributed by atoms with Crippen LogP contribution in [-0.4, -0.2) is 43.5 Å². The van der Waals surface area contributed by atoms with E-state index in [2.05, 4.69) is 74.3 Å². The Kier molecular flexibility index (Phi) is 6.04. The first kappa shape index (κ1) is 19.3. The fourth-order valence-electron chi connectivity index (χ4n) is 3.66. The summed E-state index contributed by atoms with van der Waals surface area (Å²) in [6.45, 7) is 12.6. The van der Waals surface area contributed by atoms with Crippen LogP contribution >= 0.6 is 0 Å². The lowest BCUT2D eigenvalue weighted by Gasteiger charge is -2.37. The molecule has 0 atom stereocenters. The number of hydrogen-bond donors (Lipinski definition) is 1. The van der Waals surface area contributed by atoms with Gasteiger partial charge in [-0.15, -0.1) is 0 Å². The molecule has 0 unspecified atom stereocenters. The summed E-state index contributed by atoms with van der Waals surface area (Å²) in [5, 5.41) is 3.41. The molecule has 0 radical (unpaired) electrons. The molecule has 0 saturated carbocycles. The average molecular weight is 366 g/mol. The fourth-order valence-corrected chi connectivity index (χ4v) is 3.66. The highest BCUT2D eigenvalue weighted by Gasteiger charge is 2.22. The highest BCUT2D eigenvalue weighted by Crippen LogP contribution is 2.24. The van der Waals surface area contributed by atoms with Crippen molar-refractivity contribution < 1.29 is 4.79 Å². The van der Waals surface area contributed by atoms with Gasteiger partial charge in [-0.3, -0.25) is 4.79 Å². The maximum absolute atomic E-state index is 12.6. The molecule has 144 valence electrons. The topological polar surface area (TPSA) is 35.6 Å². The predicted octanol–water partition coefficient (Wildman–Crippen LogP) is 4.07. The molecular weight excluding hydrogens is 334 g/mol. The SMILES string of the molecule is Cc1ccc(C)c(NCCC(=O)N2CCN(c3cccc(C)c3C)CC2)c1. The number of benzene rings is 2. The number of nitrogens with one attached hydrogen (secondary N) is 1. The van der Waals surface area contributed by atoms with Crippen molar-refractivity contribution in [2.75, 3.05) is 42.9 Å². The van der Waals surface area contributed by atoms with Gasteiger partial charge in [0, 0.05) is 50.5 Å². The van der Waals surface area contributed by atoms with Gasteiger partial charge in [0.05, 0.1) is 0 Å². The van der Waals surface area contributed by atoms with E-state index in [1.807, 2.05) is 4.90 Å². The highest BCUT2D eigenvalue weighted by atomic mass is 16.2. The minimum Gasteiger partial charge on any atom is -0.384 e. The molecular formula is C23H31N3O. The minimum atomic E-state index is 0.244. The van der Waals surface area contributed by atoms with Crippen LogP contribution in [0.4, 0.5) is 11.4 Å². The number of amides is 1. The van der Waals surface area contributed by atoms with Gasteiger partial charge in [0.1, 0.15) is 0 Å². The van der Waals surface area contributed by atoms with Gasteiger partial charge in [-0.1, -0.05) is 24.3 Å². The van der Waals surface area contributed by atoms with Crippen molar-refractivity contribution >= 4 is 17.3 Å². The van der Waals surface area contributed by atoms with Gasteiger partial charge in [0.25, 0.3) is 0 Å². The van der Waals surface area contributed by atoms with Crippen molar-refractivity contribution in [3.05, 3.63) is 58.7 Å². The van der Waals surface area contributed by atoms with Gasteiger partial charge in [-0.05, 0) is 62.1 Å². The van der Waals surface area contributed by atoms with Gasteiger partial charge >= 0.3 is 0 Å². The summed E-state index contributed by atoms with van der Waals surface area (Å²) < 4.78 is 0. The van der Waals surface area contributed by atoms with E-state index in [0.717, 1.165) is 31.9 Å². The van der Waals surface area contributed by atoms with Crippen LogP contribution in [0.5, 0.6) is 0 Å². The Labute approximate surface area is 163 Å². The Morgan fingerprint density at radius 3 is 2.44 bits per heavy atom. The van der Waals surface area contributed by atoms with E-state index in [9.17, 15) is 4.79 Å². The van der Waals surface area contributed by atoms with Gasteiger partial charge in [0.15, 0.2) is 0 Å². The standard InChI is InChI=1S/C23H31N3O/c1-17-8-9-19(3)21(16-17)24-11-10-23(27)26-14-12-25(13-15-26)22-7-5-6-18(2)20(22)4/h5-9,16,24H,10-15H2,1-4H3. The first-order valence-corrected chi connectivity index (χ1v) is 9.86. The third-order valence-corrected chi connectivity index (χ3v) is 5.60. The van der Waals surface area contributed by atoms with Crippen molar-refractivity contribution in [2.45, 2.75) is 34.1 Å². The van der Waals surface area contributed by atoms with E-state index in [4.69, 9.17) is 0 Å².